The van der Waals surface area contributed by atoms with Gasteiger partial charge in [0.2, 0.25) is 5.91 Å². The molecule has 1 N–H and O–H groups in total. The number of amides is 1. The highest BCUT2D eigenvalue weighted by molar-refractivity contribution is 5.76. The van der Waals surface area contributed by atoms with Gasteiger partial charge in [0.25, 0.3) is 0 Å². The molecule has 0 heterocycles. The fourth-order valence-corrected chi connectivity index (χ4v) is 2.72. The topological polar surface area (TPSA) is 38.3 Å². The monoisotopic (exact) mass is 325 g/mol. The quantitative estimate of drug-likeness (QED) is 0.745. The Morgan fingerprint density at radius 2 is 1.71 bits per heavy atom. The fraction of sp³-hybridized carbons (Fsp3) is 0.381. The summed E-state index contributed by atoms with van der Waals surface area (Å²) in [6.07, 6.45) is 3.25. The Balaban J connectivity index is 1.66. The lowest BCUT2D eigenvalue weighted by Gasteiger charge is -2.08. The third kappa shape index (κ3) is 5.73. The van der Waals surface area contributed by atoms with E-state index in [1.165, 1.54) is 16.7 Å². The van der Waals surface area contributed by atoms with Gasteiger partial charge in [-0.05, 0) is 55.9 Å². The summed E-state index contributed by atoms with van der Waals surface area (Å²) in [6.45, 7) is 4.84. The van der Waals surface area contributed by atoms with Gasteiger partial charge in [0.05, 0.1) is 7.11 Å². The van der Waals surface area contributed by atoms with Crippen molar-refractivity contribution in [3.05, 3.63) is 64.7 Å². The van der Waals surface area contributed by atoms with E-state index in [4.69, 9.17) is 4.74 Å². The molecule has 1 amide bonds. The van der Waals surface area contributed by atoms with Gasteiger partial charge in [-0.15, -0.1) is 0 Å². The smallest absolute Gasteiger partial charge is 0.220 e. The first-order valence-corrected chi connectivity index (χ1v) is 8.54. The Hall–Kier alpha value is -2.29. The first-order chi connectivity index (χ1) is 11.6. The molecule has 2 rings (SSSR count). The summed E-state index contributed by atoms with van der Waals surface area (Å²) >= 11 is 0. The van der Waals surface area contributed by atoms with E-state index in [1.807, 2.05) is 19.1 Å². The molecule has 0 fully saturated rings. The van der Waals surface area contributed by atoms with E-state index < -0.39 is 0 Å². The van der Waals surface area contributed by atoms with Crippen molar-refractivity contribution in [2.75, 3.05) is 13.7 Å². The van der Waals surface area contributed by atoms with Crippen molar-refractivity contribution in [2.24, 2.45) is 0 Å². The molecule has 0 saturated heterocycles. The molecular formula is C21H27NO2. The molecule has 2 aromatic rings. The summed E-state index contributed by atoms with van der Waals surface area (Å²) in [4.78, 5) is 11.9. The van der Waals surface area contributed by atoms with Gasteiger partial charge in [0.1, 0.15) is 5.75 Å². The summed E-state index contributed by atoms with van der Waals surface area (Å²) < 4.78 is 5.25. The summed E-state index contributed by atoms with van der Waals surface area (Å²) in [5, 5.41) is 3.01. The Morgan fingerprint density at radius 3 is 2.38 bits per heavy atom. The third-order valence-electron chi connectivity index (χ3n) is 4.18. The number of carbonyl (C=O) groups excluding carboxylic acids is 1. The normalized spacial score (nSPS) is 10.5. The molecule has 0 atom stereocenters. The molecule has 0 spiro atoms. The van der Waals surface area contributed by atoms with E-state index >= 15 is 0 Å². The van der Waals surface area contributed by atoms with Crippen molar-refractivity contribution in [1.29, 1.82) is 0 Å². The minimum atomic E-state index is 0.118. The Labute approximate surface area is 145 Å². The molecule has 128 valence electrons. The Morgan fingerprint density at radius 1 is 1.00 bits per heavy atom. The first kappa shape index (κ1) is 18.1. The summed E-state index contributed by atoms with van der Waals surface area (Å²) in [6, 6.07) is 14.6. The molecule has 0 aromatic heterocycles. The second-order valence-corrected chi connectivity index (χ2v) is 6.24. The number of benzene rings is 2. The molecular weight excluding hydrogens is 298 g/mol. The zero-order valence-electron chi connectivity index (χ0n) is 14.9. The van der Waals surface area contributed by atoms with Crippen LogP contribution in [0.5, 0.6) is 5.75 Å². The van der Waals surface area contributed by atoms with E-state index in [0.717, 1.165) is 37.1 Å². The molecule has 0 bridgehead atoms. The highest BCUT2D eigenvalue weighted by Gasteiger charge is 2.04. The molecule has 0 radical (unpaired) electrons. The Bertz CT molecular complexity index is 662. The van der Waals surface area contributed by atoms with Crippen molar-refractivity contribution in [1.82, 2.24) is 5.32 Å². The minimum Gasteiger partial charge on any atom is -0.496 e. The van der Waals surface area contributed by atoms with E-state index in [1.54, 1.807) is 7.11 Å². The molecule has 2 aromatic carbocycles. The van der Waals surface area contributed by atoms with Crippen LogP contribution in [0.4, 0.5) is 0 Å². The number of methoxy groups -OCH3 is 1. The molecule has 0 aliphatic heterocycles. The molecule has 0 aliphatic rings. The van der Waals surface area contributed by atoms with Crippen LogP contribution in [0.2, 0.25) is 0 Å². The molecule has 0 unspecified atom stereocenters. The van der Waals surface area contributed by atoms with Crippen LogP contribution in [0.25, 0.3) is 0 Å². The first-order valence-electron chi connectivity index (χ1n) is 8.54. The fourth-order valence-electron chi connectivity index (χ4n) is 2.72. The van der Waals surface area contributed by atoms with Crippen molar-refractivity contribution in [2.45, 2.75) is 39.5 Å². The summed E-state index contributed by atoms with van der Waals surface area (Å²) in [5.41, 5.74) is 4.88. The van der Waals surface area contributed by atoms with Crippen LogP contribution in [0.1, 0.15) is 35.1 Å². The Kier molecular flexibility index (Phi) is 6.86. The van der Waals surface area contributed by atoms with Crippen LogP contribution in [0.3, 0.4) is 0 Å². The van der Waals surface area contributed by atoms with Gasteiger partial charge in [-0.25, -0.2) is 0 Å². The van der Waals surface area contributed by atoms with Gasteiger partial charge in [0, 0.05) is 13.0 Å². The largest absolute Gasteiger partial charge is 0.496 e. The van der Waals surface area contributed by atoms with Gasteiger partial charge >= 0.3 is 0 Å². The van der Waals surface area contributed by atoms with Gasteiger partial charge in [-0.3, -0.25) is 4.79 Å². The average Bonchev–Trinajstić information content (AvgIpc) is 2.58. The number of ether oxygens (including phenoxy) is 1. The third-order valence-corrected chi connectivity index (χ3v) is 4.18. The van der Waals surface area contributed by atoms with E-state index in [-0.39, 0.29) is 5.91 Å². The minimum absolute atomic E-state index is 0.118. The number of hydrogen-bond acceptors (Lipinski definition) is 2. The van der Waals surface area contributed by atoms with Crippen molar-refractivity contribution in [3.63, 3.8) is 0 Å². The molecule has 0 saturated carbocycles. The lowest BCUT2D eigenvalue weighted by atomic mass is 10.1. The SMILES string of the molecule is COc1ccc(CCC(=O)NCCCc2ccc(C)cc2)cc1C. The highest BCUT2D eigenvalue weighted by atomic mass is 16.5. The molecule has 3 heteroatoms. The van der Waals surface area contributed by atoms with Crippen molar-refractivity contribution >= 4 is 5.91 Å². The van der Waals surface area contributed by atoms with Crippen LogP contribution < -0.4 is 10.1 Å². The van der Waals surface area contributed by atoms with Gasteiger partial charge < -0.3 is 10.1 Å². The maximum atomic E-state index is 11.9. The van der Waals surface area contributed by atoms with Crippen LogP contribution in [-0.2, 0) is 17.6 Å². The second-order valence-electron chi connectivity index (χ2n) is 6.24. The number of rotatable bonds is 8. The predicted octanol–water partition coefficient (Wildman–Crippen LogP) is 3.99. The van der Waals surface area contributed by atoms with Crippen LogP contribution in [0, 0.1) is 13.8 Å². The standard InChI is InChI=1S/C21H27NO2/c1-16-6-8-18(9-7-16)5-4-14-22-21(23)13-11-19-10-12-20(24-3)17(2)15-19/h6-10,12,15H,4-5,11,13-14H2,1-3H3,(H,22,23). The lowest BCUT2D eigenvalue weighted by Crippen LogP contribution is -2.25. The highest BCUT2D eigenvalue weighted by Crippen LogP contribution is 2.19. The maximum absolute atomic E-state index is 11.9. The number of hydrogen-bond donors (Lipinski definition) is 1. The van der Waals surface area contributed by atoms with Crippen LogP contribution >= 0.6 is 0 Å². The zero-order valence-corrected chi connectivity index (χ0v) is 14.9. The maximum Gasteiger partial charge on any atom is 0.220 e. The van der Waals surface area contributed by atoms with Crippen molar-refractivity contribution in [3.8, 4) is 5.75 Å². The average molecular weight is 325 g/mol. The lowest BCUT2D eigenvalue weighted by molar-refractivity contribution is -0.121. The van der Waals surface area contributed by atoms with Crippen LogP contribution in [0.15, 0.2) is 42.5 Å². The summed E-state index contributed by atoms with van der Waals surface area (Å²) in [5.74, 6) is 1.01. The zero-order chi connectivity index (χ0) is 17.4. The van der Waals surface area contributed by atoms with Gasteiger partial charge in [0.15, 0.2) is 0 Å². The van der Waals surface area contributed by atoms with Crippen LogP contribution in [-0.4, -0.2) is 19.6 Å². The summed E-state index contributed by atoms with van der Waals surface area (Å²) in [7, 11) is 1.67. The molecule has 0 aliphatic carbocycles. The van der Waals surface area contributed by atoms with Gasteiger partial charge in [-0.1, -0.05) is 42.0 Å². The second kappa shape index (κ2) is 9.11. The van der Waals surface area contributed by atoms with E-state index in [2.05, 4.69) is 42.6 Å². The number of nitrogens with one attached hydrogen (secondary N) is 1. The number of carbonyl (C=O) groups is 1. The van der Waals surface area contributed by atoms with E-state index in [9.17, 15) is 4.79 Å². The molecule has 3 nitrogen and oxygen atoms in total. The van der Waals surface area contributed by atoms with E-state index in [0.29, 0.717) is 6.42 Å². The van der Waals surface area contributed by atoms with Gasteiger partial charge in [-0.2, -0.15) is 0 Å². The predicted molar refractivity (Wildman–Crippen MR) is 98.6 cm³/mol. The van der Waals surface area contributed by atoms with Crippen molar-refractivity contribution < 1.29 is 9.53 Å². The molecule has 24 heavy (non-hydrogen) atoms. The number of aryl methyl sites for hydroxylation is 4.